The third-order valence-corrected chi connectivity index (χ3v) is 6.38. The fraction of sp³-hybridized carbons (Fsp3) is 0.533. The second kappa shape index (κ2) is 6.08. The Morgan fingerprint density at radius 1 is 1.09 bits per heavy atom. The van der Waals surface area contributed by atoms with Crippen LogP contribution in [0.2, 0.25) is 5.02 Å². The molecule has 1 aromatic rings. The zero-order valence-corrected chi connectivity index (χ0v) is 13.8. The number of hydrogen-bond donors (Lipinski definition) is 0. The average Bonchev–Trinajstić information content (AvgIpc) is 2.88. The molecule has 2 heterocycles. The summed E-state index contributed by atoms with van der Waals surface area (Å²) in [4.78, 5) is 16.4. The van der Waals surface area contributed by atoms with Crippen LogP contribution in [0.5, 0.6) is 0 Å². The van der Waals surface area contributed by atoms with Crippen molar-refractivity contribution >= 4 is 33.0 Å². The normalized spacial score (nSPS) is 24.5. The molecule has 120 valence electrons. The van der Waals surface area contributed by atoms with Crippen molar-refractivity contribution in [3.63, 3.8) is 0 Å². The highest BCUT2D eigenvalue weighted by Crippen LogP contribution is 2.23. The number of carbonyl (C=O) groups is 1. The van der Waals surface area contributed by atoms with E-state index in [1.54, 1.807) is 4.90 Å². The van der Waals surface area contributed by atoms with Gasteiger partial charge in [-0.3, -0.25) is 4.79 Å². The van der Waals surface area contributed by atoms with Crippen LogP contribution in [0.4, 0.5) is 5.69 Å². The smallest absolute Gasteiger partial charge is 0.226 e. The van der Waals surface area contributed by atoms with Gasteiger partial charge in [0, 0.05) is 36.9 Å². The van der Waals surface area contributed by atoms with E-state index in [4.69, 9.17) is 11.6 Å². The molecule has 3 rings (SSSR count). The number of piperazine rings is 1. The highest BCUT2D eigenvalue weighted by molar-refractivity contribution is 7.91. The highest BCUT2D eigenvalue weighted by atomic mass is 35.5. The van der Waals surface area contributed by atoms with E-state index >= 15 is 0 Å². The first kappa shape index (κ1) is 15.6. The third-order valence-electron chi connectivity index (χ3n) is 4.36. The molecule has 5 nitrogen and oxygen atoms in total. The van der Waals surface area contributed by atoms with Gasteiger partial charge in [0.25, 0.3) is 0 Å². The van der Waals surface area contributed by atoms with Crippen LogP contribution in [-0.2, 0) is 14.6 Å². The number of halogens is 1. The summed E-state index contributed by atoms with van der Waals surface area (Å²) in [5.74, 6) is -0.180. The number of hydrogen-bond acceptors (Lipinski definition) is 4. The predicted molar refractivity (Wildman–Crippen MR) is 87.0 cm³/mol. The van der Waals surface area contributed by atoms with E-state index in [1.165, 1.54) is 0 Å². The van der Waals surface area contributed by atoms with Gasteiger partial charge >= 0.3 is 0 Å². The number of nitrogens with zero attached hydrogens (tertiary/aromatic N) is 2. The Bertz CT molecular complexity index is 652. The van der Waals surface area contributed by atoms with Crippen molar-refractivity contribution in [3.05, 3.63) is 29.3 Å². The zero-order valence-electron chi connectivity index (χ0n) is 12.2. The standard InChI is InChI=1S/C15H19ClN2O3S/c16-13-1-3-14(4-2-13)17-6-8-18(9-7-17)15(19)12-5-10-22(20,21)11-12/h1-4,12H,5-11H2/t12-/m1/s1. The van der Waals surface area contributed by atoms with Crippen molar-refractivity contribution < 1.29 is 13.2 Å². The molecule has 0 bridgehead atoms. The van der Waals surface area contributed by atoms with Gasteiger partial charge in [-0.25, -0.2) is 8.42 Å². The molecule has 1 aromatic carbocycles. The first-order valence-electron chi connectivity index (χ1n) is 7.44. The Balaban J connectivity index is 1.57. The van der Waals surface area contributed by atoms with Gasteiger partial charge in [-0.15, -0.1) is 0 Å². The number of anilines is 1. The van der Waals surface area contributed by atoms with Crippen LogP contribution < -0.4 is 4.90 Å². The molecule has 7 heteroatoms. The maximum absolute atomic E-state index is 12.4. The van der Waals surface area contributed by atoms with Gasteiger partial charge in [-0.2, -0.15) is 0 Å². The van der Waals surface area contributed by atoms with Gasteiger partial charge in [-0.05, 0) is 30.7 Å². The lowest BCUT2D eigenvalue weighted by Crippen LogP contribution is -2.50. The Labute approximate surface area is 135 Å². The van der Waals surface area contributed by atoms with Gasteiger partial charge < -0.3 is 9.80 Å². The quantitative estimate of drug-likeness (QED) is 0.815. The summed E-state index contributed by atoms with van der Waals surface area (Å²) in [5, 5.41) is 0.708. The van der Waals surface area contributed by atoms with Crippen molar-refractivity contribution in [1.29, 1.82) is 0 Å². The van der Waals surface area contributed by atoms with Crippen LogP contribution in [0.3, 0.4) is 0 Å². The van der Waals surface area contributed by atoms with Gasteiger partial charge in [-0.1, -0.05) is 11.6 Å². The minimum atomic E-state index is -3.01. The molecule has 1 amide bonds. The number of rotatable bonds is 2. The van der Waals surface area contributed by atoms with E-state index < -0.39 is 9.84 Å². The molecular formula is C15H19ClN2O3S. The summed E-state index contributed by atoms with van der Waals surface area (Å²) in [6, 6.07) is 7.67. The fourth-order valence-electron chi connectivity index (χ4n) is 3.08. The molecular weight excluding hydrogens is 324 g/mol. The second-order valence-electron chi connectivity index (χ2n) is 5.89. The van der Waals surface area contributed by atoms with E-state index in [0.717, 1.165) is 18.8 Å². The maximum Gasteiger partial charge on any atom is 0.226 e. The van der Waals surface area contributed by atoms with Gasteiger partial charge in [0.05, 0.1) is 17.4 Å². The lowest BCUT2D eigenvalue weighted by molar-refractivity contribution is -0.135. The fourth-order valence-corrected chi connectivity index (χ4v) is 4.94. The van der Waals surface area contributed by atoms with E-state index in [2.05, 4.69) is 4.90 Å². The SMILES string of the molecule is O=C([C@@H]1CCS(=O)(=O)C1)N1CCN(c2ccc(Cl)cc2)CC1. The Hall–Kier alpha value is -1.27. The molecule has 2 aliphatic heterocycles. The van der Waals surface area contributed by atoms with Crippen LogP contribution in [0, 0.1) is 5.92 Å². The van der Waals surface area contributed by atoms with Crippen molar-refractivity contribution in [2.45, 2.75) is 6.42 Å². The molecule has 0 aromatic heterocycles. The van der Waals surface area contributed by atoms with Gasteiger partial charge in [0.2, 0.25) is 5.91 Å². The first-order chi connectivity index (χ1) is 10.4. The van der Waals surface area contributed by atoms with E-state index in [0.29, 0.717) is 24.5 Å². The highest BCUT2D eigenvalue weighted by Gasteiger charge is 2.36. The minimum absolute atomic E-state index is 0.00293. The molecule has 2 saturated heterocycles. The molecule has 2 fully saturated rings. The molecule has 0 aliphatic carbocycles. The van der Waals surface area contributed by atoms with Crippen molar-refractivity contribution in [2.75, 3.05) is 42.6 Å². The van der Waals surface area contributed by atoms with Crippen molar-refractivity contribution in [3.8, 4) is 0 Å². The van der Waals surface area contributed by atoms with Crippen molar-refractivity contribution in [1.82, 2.24) is 4.90 Å². The molecule has 0 unspecified atom stereocenters. The molecule has 0 N–H and O–H groups in total. The van der Waals surface area contributed by atoms with Crippen LogP contribution >= 0.6 is 11.6 Å². The van der Waals surface area contributed by atoms with Crippen LogP contribution in [0.15, 0.2) is 24.3 Å². The summed E-state index contributed by atoms with van der Waals surface area (Å²) < 4.78 is 23.0. The topological polar surface area (TPSA) is 57.7 Å². The minimum Gasteiger partial charge on any atom is -0.368 e. The Morgan fingerprint density at radius 3 is 2.27 bits per heavy atom. The van der Waals surface area contributed by atoms with Gasteiger partial charge in [0.15, 0.2) is 9.84 Å². The molecule has 22 heavy (non-hydrogen) atoms. The Kier molecular flexibility index (Phi) is 4.32. The summed E-state index contributed by atoms with van der Waals surface area (Å²) in [6.07, 6.45) is 0.471. The molecule has 0 radical (unpaired) electrons. The van der Waals surface area contributed by atoms with Crippen LogP contribution in [0.1, 0.15) is 6.42 Å². The van der Waals surface area contributed by atoms with E-state index in [-0.39, 0.29) is 23.3 Å². The number of benzene rings is 1. The Morgan fingerprint density at radius 2 is 1.73 bits per heavy atom. The number of carbonyl (C=O) groups excluding carboxylic acids is 1. The summed E-state index contributed by atoms with van der Waals surface area (Å²) in [7, 11) is -3.01. The zero-order chi connectivity index (χ0) is 15.7. The number of sulfone groups is 1. The van der Waals surface area contributed by atoms with Gasteiger partial charge in [0.1, 0.15) is 0 Å². The summed E-state index contributed by atoms with van der Waals surface area (Å²) in [5.41, 5.74) is 1.10. The van der Waals surface area contributed by atoms with Crippen LogP contribution in [-0.4, -0.2) is 56.9 Å². The maximum atomic E-state index is 12.4. The molecule has 2 aliphatic rings. The first-order valence-corrected chi connectivity index (χ1v) is 9.64. The van der Waals surface area contributed by atoms with E-state index in [9.17, 15) is 13.2 Å². The lowest BCUT2D eigenvalue weighted by atomic mass is 10.1. The monoisotopic (exact) mass is 342 g/mol. The van der Waals surface area contributed by atoms with E-state index in [1.807, 2.05) is 24.3 Å². The molecule has 0 saturated carbocycles. The predicted octanol–water partition coefficient (Wildman–Crippen LogP) is 1.42. The largest absolute Gasteiger partial charge is 0.368 e. The second-order valence-corrected chi connectivity index (χ2v) is 8.55. The summed E-state index contributed by atoms with van der Waals surface area (Å²) >= 11 is 5.89. The average molecular weight is 343 g/mol. The molecule has 1 atom stereocenters. The molecule has 0 spiro atoms. The van der Waals surface area contributed by atoms with Crippen molar-refractivity contribution in [2.24, 2.45) is 5.92 Å². The lowest BCUT2D eigenvalue weighted by Gasteiger charge is -2.37. The van der Waals surface area contributed by atoms with Crippen LogP contribution in [0.25, 0.3) is 0 Å². The summed E-state index contributed by atoms with van der Waals surface area (Å²) in [6.45, 7) is 2.79. The third kappa shape index (κ3) is 3.38. The number of amides is 1.